The summed E-state index contributed by atoms with van der Waals surface area (Å²) in [4.78, 5) is 28.8. The van der Waals surface area contributed by atoms with Gasteiger partial charge in [-0.2, -0.15) is 0 Å². The Hall–Kier alpha value is -3.63. The minimum Gasteiger partial charge on any atom is -0.355 e. The van der Waals surface area contributed by atoms with E-state index in [1.54, 1.807) is 4.90 Å². The van der Waals surface area contributed by atoms with E-state index >= 15 is 0 Å². The van der Waals surface area contributed by atoms with E-state index in [0.717, 1.165) is 27.5 Å². The van der Waals surface area contributed by atoms with Crippen molar-refractivity contribution in [1.82, 2.24) is 10.2 Å². The van der Waals surface area contributed by atoms with Crippen LogP contribution in [0, 0.1) is 0 Å². The average Bonchev–Trinajstić information content (AvgIpc) is 2.91. The summed E-state index contributed by atoms with van der Waals surface area (Å²) in [6.07, 6.45) is 1.31. The SMILES string of the molecule is CCNC(=O)[C@H](Cc1ccccc1)N(Cc1ccccc1Cl)C(=O)CCc1cccc2ccccc12. The van der Waals surface area contributed by atoms with Crippen LogP contribution in [0.1, 0.15) is 30.0 Å². The van der Waals surface area contributed by atoms with Gasteiger partial charge in [0.15, 0.2) is 0 Å². The van der Waals surface area contributed by atoms with Gasteiger partial charge in [-0.05, 0) is 46.9 Å². The number of fused-ring (bicyclic) bond motifs is 1. The Balaban J connectivity index is 1.64. The maximum atomic E-state index is 13.8. The maximum absolute atomic E-state index is 13.8. The van der Waals surface area contributed by atoms with Gasteiger partial charge in [0.2, 0.25) is 11.8 Å². The van der Waals surface area contributed by atoms with E-state index in [9.17, 15) is 9.59 Å². The van der Waals surface area contributed by atoms with Crippen LogP contribution in [-0.4, -0.2) is 29.3 Å². The number of carbonyl (C=O) groups excluding carboxylic acids is 2. The predicted octanol–water partition coefficient (Wildman–Crippen LogP) is 6.20. The molecule has 0 aliphatic heterocycles. The number of benzene rings is 4. The van der Waals surface area contributed by atoms with Crippen molar-refractivity contribution in [3.63, 3.8) is 0 Å². The number of nitrogens with one attached hydrogen (secondary N) is 1. The van der Waals surface area contributed by atoms with Crippen LogP contribution in [0.3, 0.4) is 0 Å². The van der Waals surface area contributed by atoms with Crippen molar-refractivity contribution in [1.29, 1.82) is 0 Å². The van der Waals surface area contributed by atoms with Gasteiger partial charge in [-0.25, -0.2) is 0 Å². The maximum Gasteiger partial charge on any atom is 0.243 e. The molecule has 5 heteroatoms. The summed E-state index contributed by atoms with van der Waals surface area (Å²) in [6.45, 7) is 2.65. The molecule has 4 rings (SSSR count). The van der Waals surface area contributed by atoms with Gasteiger partial charge in [0.05, 0.1) is 0 Å². The van der Waals surface area contributed by atoms with Crippen molar-refractivity contribution in [3.8, 4) is 0 Å². The van der Waals surface area contributed by atoms with Crippen molar-refractivity contribution >= 4 is 34.2 Å². The lowest BCUT2D eigenvalue weighted by Crippen LogP contribution is -2.50. The lowest BCUT2D eigenvalue weighted by Gasteiger charge is -2.32. The van der Waals surface area contributed by atoms with E-state index in [1.165, 1.54) is 0 Å². The van der Waals surface area contributed by atoms with Crippen LogP contribution in [0.25, 0.3) is 10.8 Å². The summed E-state index contributed by atoms with van der Waals surface area (Å²) in [5.41, 5.74) is 2.94. The molecule has 0 unspecified atom stereocenters. The van der Waals surface area contributed by atoms with Crippen molar-refractivity contribution in [2.24, 2.45) is 0 Å². The van der Waals surface area contributed by atoms with Crippen LogP contribution < -0.4 is 5.32 Å². The lowest BCUT2D eigenvalue weighted by atomic mass is 9.99. The van der Waals surface area contributed by atoms with E-state index < -0.39 is 6.04 Å². The number of hydrogen-bond donors (Lipinski definition) is 1. The fraction of sp³-hybridized carbons (Fsp3) is 0.226. The number of amides is 2. The Labute approximate surface area is 217 Å². The minimum atomic E-state index is -0.649. The summed E-state index contributed by atoms with van der Waals surface area (Å²) in [6, 6.07) is 31.0. The Kier molecular flexibility index (Phi) is 8.75. The van der Waals surface area contributed by atoms with E-state index in [1.807, 2.05) is 79.7 Å². The fourth-order valence-corrected chi connectivity index (χ4v) is 4.75. The molecule has 184 valence electrons. The molecule has 1 N–H and O–H groups in total. The molecule has 2 amide bonds. The van der Waals surface area contributed by atoms with E-state index in [2.05, 4.69) is 29.6 Å². The van der Waals surface area contributed by atoms with Crippen LogP contribution in [0.5, 0.6) is 0 Å². The quantitative estimate of drug-likeness (QED) is 0.283. The number of rotatable bonds is 10. The molecule has 0 aromatic heterocycles. The van der Waals surface area contributed by atoms with Gasteiger partial charge in [0, 0.05) is 31.0 Å². The molecule has 0 saturated heterocycles. The van der Waals surface area contributed by atoms with Crippen LogP contribution in [-0.2, 0) is 29.0 Å². The molecule has 4 nitrogen and oxygen atoms in total. The smallest absolute Gasteiger partial charge is 0.243 e. The van der Waals surface area contributed by atoms with Crippen molar-refractivity contribution in [2.75, 3.05) is 6.54 Å². The monoisotopic (exact) mass is 498 g/mol. The third kappa shape index (κ3) is 6.32. The molecule has 4 aromatic rings. The highest BCUT2D eigenvalue weighted by Crippen LogP contribution is 2.23. The number of nitrogens with zero attached hydrogens (tertiary/aromatic N) is 1. The van der Waals surface area contributed by atoms with Gasteiger partial charge >= 0.3 is 0 Å². The molecule has 0 heterocycles. The van der Waals surface area contributed by atoms with E-state index in [-0.39, 0.29) is 18.4 Å². The summed E-state index contributed by atoms with van der Waals surface area (Å²) in [7, 11) is 0. The Morgan fingerprint density at radius 3 is 2.28 bits per heavy atom. The second-order valence-electron chi connectivity index (χ2n) is 8.85. The van der Waals surface area contributed by atoms with Crippen LogP contribution in [0.15, 0.2) is 97.1 Å². The molecule has 36 heavy (non-hydrogen) atoms. The topological polar surface area (TPSA) is 49.4 Å². The van der Waals surface area contributed by atoms with Gasteiger partial charge in [-0.15, -0.1) is 0 Å². The minimum absolute atomic E-state index is 0.0740. The average molecular weight is 499 g/mol. The van der Waals surface area contributed by atoms with Crippen LogP contribution >= 0.6 is 11.6 Å². The summed E-state index contributed by atoms with van der Waals surface area (Å²) < 4.78 is 0. The lowest BCUT2D eigenvalue weighted by molar-refractivity contribution is -0.141. The summed E-state index contributed by atoms with van der Waals surface area (Å²) in [5.74, 6) is -0.234. The second-order valence-corrected chi connectivity index (χ2v) is 9.26. The highest BCUT2D eigenvalue weighted by Gasteiger charge is 2.30. The Morgan fingerprint density at radius 2 is 1.50 bits per heavy atom. The molecule has 1 atom stereocenters. The highest BCUT2D eigenvalue weighted by molar-refractivity contribution is 6.31. The zero-order valence-corrected chi connectivity index (χ0v) is 21.2. The second kappa shape index (κ2) is 12.4. The summed E-state index contributed by atoms with van der Waals surface area (Å²) in [5, 5.41) is 5.82. The third-order valence-corrected chi connectivity index (χ3v) is 6.78. The number of aryl methyl sites for hydroxylation is 1. The van der Waals surface area contributed by atoms with E-state index in [0.29, 0.717) is 30.8 Å². The first-order chi connectivity index (χ1) is 17.6. The fourth-order valence-electron chi connectivity index (χ4n) is 4.55. The molecular formula is C31H31ClN2O2. The van der Waals surface area contributed by atoms with Gasteiger partial charge < -0.3 is 10.2 Å². The highest BCUT2D eigenvalue weighted by atomic mass is 35.5. The number of halogens is 1. The zero-order chi connectivity index (χ0) is 25.3. The number of carbonyl (C=O) groups is 2. The van der Waals surface area contributed by atoms with Crippen LogP contribution in [0.4, 0.5) is 0 Å². The molecule has 0 spiro atoms. The van der Waals surface area contributed by atoms with Gasteiger partial charge in [0.25, 0.3) is 0 Å². The molecule has 0 fully saturated rings. The van der Waals surface area contributed by atoms with Gasteiger partial charge in [-0.1, -0.05) is 103 Å². The van der Waals surface area contributed by atoms with Crippen molar-refractivity contribution < 1.29 is 9.59 Å². The van der Waals surface area contributed by atoms with Gasteiger partial charge in [0.1, 0.15) is 6.04 Å². The third-order valence-electron chi connectivity index (χ3n) is 6.41. The molecule has 0 saturated carbocycles. The molecule has 0 radical (unpaired) electrons. The zero-order valence-electron chi connectivity index (χ0n) is 20.5. The first-order valence-electron chi connectivity index (χ1n) is 12.4. The molecule has 0 aliphatic carbocycles. The predicted molar refractivity (Wildman–Crippen MR) is 147 cm³/mol. The first-order valence-corrected chi connectivity index (χ1v) is 12.8. The Morgan fingerprint density at radius 1 is 0.833 bits per heavy atom. The molecular weight excluding hydrogens is 468 g/mol. The number of hydrogen-bond acceptors (Lipinski definition) is 2. The normalized spacial score (nSPS) is 11.7. The molecule has 4 aromatic carbocycles. The van der Waals surface area contributed by atoms with Crippen molar-refractivity contribution in [2.45, 2.75) is 38.8 Å². The largest absolute Gasteiger partial charge is 0.355 e. The van der Waals surface area contributed by atoms with Gasteiger partial charge in [-0.3, -0.25) is 9.59 Å². The van der Waals surface area contributed by atoms with Crippen molar-refractivity contribution in [3.05, 3.63) is 119 Å². The standard InChI is InChI=1S/C31H31ClN2O2/c1-2-33-31(36)29(21-23-11-4-3-5-12-23)34(22-26-14-7-9-18-28(26)32)30(35)20-19-25-16-10-15-24-13-6-8-17-27(24)25/h3-18,29H,2,19-22H2,1H3,(H,33,36)/t29-/m0/s1. The number of likely N-dealkylation sites (N-methyl/N-ethyl adjacent to an activating group) is 1. The van der Waals surface area contributed by atoms with Crippen LogP contribution in [0.2, 0.25) is 5.02 Å². The molecule has 0 aliphatic rings. The summed E-state index contributed by atoms with van der Waals surface area (Å²) >= 11 is 6.48. The van der Waals surface area contributed by atoms with E-state index in [4.69, 9.17) is 11.6 Å². The molecule has 0 bridgehead atoms. The Bertz CT molecular complexity index is 1320. The first kappa shape index (κ1) is 25.5.